The summed E-state index contributed by atoms with van der Waals surface area (Å²) in [5, 5.41) is 8.95. The van der Waals surface area contributed by atoms with E-state index in [2.05, 4.69) is 16.0 Å². The molecule has 1 heterocycles. The number of piperidine rings is 1. The summed E-state index contributed by atoms with van der Waals surface area (Å²) in [4.78, 5) is 23.5. The molecule has 1 aromatic rings. The van der Waals surface area contributed by atoms with Gasteiger partial charge in [0.1, 0.15) is 0 Å². The van der Waals surface area contributed by atoms with Crippen molar-refractivity contribution in [1.29, 1.82) is 0 Å². The molecule has 5 nitrogen and oxygen atoms in total. The van der Waals surface area contributed by atoms with Crippen molar-refractivity contribution in [2.45, 2.75) is 26.2 Å². The smallest absolute Gasteiger partial charge is 0.227 e. The average Bonchev–Trinajstić information content (AvgIpc) is 2.48. The van der Waals surface area contributed by atoms with Gasteiger partial charge in [0.05, 0.1) is 0 Å². The summed E-state index contributed by atoms with van der Waals surface area (Å²) in [6, 6.07) is 7.25. The Bertz CT molecular complexity index is 482. The summed E-state index contributed by atoms with van der Waals surface area (Å²) in [7, 11) is 0. The Morgan fingerprint density at radius 2 is 1.85 bits per heavy atom. The van der Waals surface area contributed by atoms with Crippen LogP contribution in [-0.2, 0) is 9.59 Å². The predicted molar refractivity (Wildman–Crippen MR) is 79.6 cm³/mol. The van der Waals surface area contributed by atoms with E-state index >= 15 is 0 Å². The summed E-state index contributed by atoms with van der Waals surface area (Å²) in [5.41, 5.74) is 1.43. The summed E-state index contributed by atoms with van der Waals surface area (Å²) in [6.45, 7) is 3.59. The van der Waals surface area contributed by atoms with Crippen molar-refractivity contribution in [3.63, 3.8) is 0 Å². The monoisotopic (exact) mass is 275 g/mol. The molecule has 108 valence electrons. The van der Waals surface area contributed by atoms with Gasteiger partial charge in [-0.15, -0.1) is 0 Å². The summed E-state index contributed by atoms with van der Waals surface area (Å²) in [6.07, 6.45) is 2.18. The van der Waals surface area contributed by atoms with Crippen molar-refractivity contribution < 1.29 is 9.59 Å². The molecule has 0 bridgehead atoms. The van der Waals surface area contributed by atoms with Crippen molar-refractivity contribution in [3.8, 4) is 0 Å². The molecule has 1 aliphatic heterocycles. The fourth-order valence-electron chi connectivity index (χ4n) is 2.25. The van der Waals surface area contributed by atoms with Gasteiger partial charge in [-0.2, -0.15) is 0 Å². The number of anilines is 2. The number of benzene rings is 1. The normalized spacial score (nSPS) is 15.7. The first-order valence-electron chi connectivity index (χ1n) is 7.10. The molecule has 0 radical (unpaired) electrons. The van der Waals surface area contributed by atoms with Crippen LogP contribution < -0.4 is 16.0 Å². The van der Waals surface area contributed by atoms with Crippen LogP contribution in [0.1, 0.15) is 26.2 Å². The zero-order chi connectivity index (χ0) is 14.4. The highest BCUT2D eigenvalue weighted by Gasteiger charge is 2.20. The number of carbonyl (C=O) groups excluding carboxylic acids is 2. The molecular weight excluding hydrogens is 254 g/mol. The quantitative estimate of drug-likeness (QED) is 0.787. The Morgan fingerprint density at radius 3 is 2.50 bits per heavy atom. The molecule has 1 fully saturated rings. The minimum absolute atomic E-state index is 0.0353. The van der Waals surface area contributed by atoms with E-state index in [1.807, 2.05) is 18.2 Å². The predicted octanol–water partition coefficient (Wildman–Crippen LogP) is 1.97. The minimum Gasteiger partial charge on any atom is -0.326 e. The van der Waals surface area contributed by atoms with E-state index in [1.54, 1.807) is 13.0 Å². The van der Waals surface area contributed by atoms with E-state index < -0.39 is 0 Å². The van der Waals surface area contributed by atoms with Crippen molar-refractivity contribution in [3.05, 3.63) is 24.3 Å². The maximum absolute atomic E-state index is 12.1. The molecule has 2 amide bonds. The lowest BCUT2D eigenvalue weighted by atomic mass is 9.97. The third kappa shape index (κ3) is 4.06. The van der Waals surface area contributed by atoms with Gasteiger partial charge in [-0.25, -0.2) is 0 Å². The molecule has 1 saturated heterocycles. The molecular formula is C15H21N3O2. The van der Waals surface area contributed by atoms with E-state index in [0.29, 0.717) is 12.1 Å². The second-order valence-electron chi connectivity index (χ2n) is 5.00. The number of hydrogen-bond donors (Lipinski definition) is 3. The zero-order valence-corrected chi connectivity index (χ0v) is 11.7. The van der Waals surface area contributed by atoms with Gasteiger partial charge in [0.2, 0.25) is 11.8 Å². The second kappa shape index (κ2) is 7.05. The number of hydrogen-bond acceptors (Lipinski definition) is 3. The Balaban J connectivity index is 1.96. The van der Waals surface area contributed by atoms with E-state index in [1.165, 1.54) is 0 Å². The van der Waals surface area contributed by atoms with E-state index in [4.69, 9.17) is 0 Å². The number of amides is 2. The van der Waals surface area contributed by atoms with Crippen LogP contribution in [0.2, 0.25) is 0 Å². The summed E-state index contributed by atoms with van der Waals surface area (Å²) >= 11 is 0. The maximum Gasteiger partial charge on any atom is 0.227 e. The third-order valence-corrected chi connectivity index (χ3v) is 3.44. The maximum atomic E-state index is 12.1. The lowest BCUT2D eigenvalue weighted by Crippen LogP contribution is -2.34. The lowest BCUT2D eigenvalue weighted by molar-refractivity contribution is -0.120. The van der Waals surface area contributed by atoms with Crippen LogP contribution >= 0.6 is 0 Å². The van der Waals surface area contributed by atoms with Crippen molar-refractivity contribution in [1.82, 2.24) is 5.32 Å². The Kier molecular flexibility index (Phi) is 5.12. The van der Waals surface area contributed by atoms with Crippen molar-refractivity contribution in [2.24, 2.45) is 5.92 Å². The molecule has 0 aliphatic carbocycles. The van der Waals surface area contributed by atoms with Crippen LogP contribution in [0.5, 0.6) is 0 Å². The molecule has 0 aromatic heterocycles. The largest absolute Gasteiger partial charge is 0.326 e. The molecule has 0 atom stereocenters. The van der Waals surface area contributed by atoms with Crippen LogP contribution in [0, 0.1) is 5.92 Å². The third-order valence-electron chi connectivity index (χ3n) is 3.44. The SMILES string of the molecule is CCC(=O)Nc1cccc(NC(=O)C2CCNCC2)c1. The van der Waals surface area contributed by atoms with E-state index in [-0.39, 0.29) is 17.7 Å². The topological polar surface area (TPSA) is 70.2 Å². The molecule has 3 N–H and O–H groups in total. The van der Waals surface area contributed by atoms with Gasteiger partial charge >= 0.3 is 0 Å². The van der Waals surface area contributed by atoms with E-state index in [9.17, 15) is 9.59 Å². The Hall–Kier alpha value is -1.88. The standard InChI is InChI=1S/C15H21N3O2/c1-2-14(19)17-12-4-3-5-13(10-12)18-15(20)11-6-8-16-9-7-11/h3-5,10-11,16H,2,6-9H2,1H3,(H,17,19)(H,18,20). The highest BCUT2D eigenvalue weighted by molar-refractivity contribution is 5.95. The van der Waals surface area contributed by atoms with Gasteiger partial charge in [0, 0.05) is 23.7 Å². The molecule has 5 heteroatoms. The first-order valence-corrected chi connectivity index (χ1v) is 7.10. The lowest BCUT2D eigenvalue weighted by Gasteiger charge is -2.21. The summed E-state index contributed by atoms with van der Waals surface area (Å²) < 4.78 is 0. The average molecular weight is 275 g/mol. The van der Waals surface area contributed by atoms with Gasteiger partial charge in [-0.1, -0.05) is 13.0 Å². The number of carbonyl (C=O) groups is 2. The highest BCUT2D eigenvalue weighted by Crippen LogP contribution is 2.18. The van der Waals surface area contributed by atoms with Gasteiger partial charge in [-0.3, -0.25) is 9.59 Å². The number of nitrogens with one attached hydrogen (secondary N) is 3. The molecule has 0 unspecified atom stereocenters. The highest BCUT2D eigenvalue weighted by atomic mass is 16.2. The molecule has 1 aromatic carbocycles. The Labute approximate surface area is 119 Å². The van der Waals surface area contributed by atoms with Crippen LogP contribution in [-0.4, -0.2) is 24.9 Å². The second-order valence-corrected chi connectivity index (χ2v) is 5.00. The molecule has 0 saturated carbocycles. The van der Waals surface area contributed by atoms with Crippen molar-refractivity contribution >= 4 is 23.2 Å². The fourth-order valence-corrected chi connectivity index (χ4v) is 2.25. The van der Waals surface area contributed by atoms with Gasteiger partial charge in [0.25, 0.3) is 0 Å². The molecule has 20 heavy (non-hydrogen) atoms. The fraction of sp³-hybridized carbons (Fsp3) is 0.467. The molecule has 1 aliphatic rings. The minimum atomic E-state index is -0.0353. The van der Waals surface area contributed by atoms with Gasteiger partial charge in [0.15, 0.2) is 0 Å². The van der Waals surface area contributed by atoms with Crippen molar-refractivity contribution in [2.75, 3.05) is 23.7 Å². The van der Waals surface area contributed by atoms with Crippen LogP contribution in [0.3, 0.4) is 0 Å². The molecule has 2 rings (SSSR count). The van der Waals surface area contributed by atoms with Crippen LogP contribution in [0.4, 0.5) is 11.4 Å². The number of rotatable bonds is 4. The first kappa shape index (κ1) is 14.5. The first-order chi connectivity index (χ1) is 9.69. The molecule has 0 spiro atoms. The van der Waals surface area contributed by atoms with E-state index in [0.717, 1.165) is 31.6 Å². The van der Waals surface area contributed by atoms with Crippen LogP contribution in [0.15, 0.2) is 24.3 Å². The van der Waals surface area contributed by atoms with Gasteiger partial charge < -0.3 is 16.0 Å². The summed E-state index contributed by atoms with van der Waals surface area (Å²) in [5.74, 6) is 0.0995. The van der Waals surface area contributed by atoms with Crippen LogP contribution in [0.25, 0.3) is 0 Å². The Morgan fingerprint density at radius 1 is 1.20 bits per heavy atom. The zero-order valence-electron chi connectivity index (χ0n) is 11.7. The van der Waals surface area contributed by atoms with Gasteiger partial charge in [-0.05, 0) is 44.1 Å².